The van der Waals surface area contributed by atoms with Crippen molar-refractivity contribution in [3.05, 3.63) is 0 Å². The molecule has 3 fully saturated rings. The van der Waals surface area contributed by atoms with Crippen LogP contribution in [0.5, 0.6) is 0 Å². The van der Waals surface area contributed by atoms with Crippen LogP contribution >= 0.6 is 0 Å². The molecule has 0 radical (unpaired) electrons. The highest BCUT2D eigenvalue weighted by Crippen LogP contribution is 2.23. The molecular formula is C24H57N3O9S3. The summed E-state index contributed by atoms with van der Waals surface area (Å²) in [7, 11) is -11.0. The van der Waals surface area contributed by atoms with Gasteiger partial charge in [-0.3, -0.25) is 13.7 Å². The first-order chi connectivity index (χ1) is 17.4. The summed E-state index contributed by atoms with van der Waals surface area (Å²) < 4.78 is 77.6. The Balaban J connectivity index is -0.000000406. The summed E-state index contributed by atoms with van der Waals surface area (Å²) in [6, 6.07) is 1.54. The molecular weight excluding hydrogens is 570 g/mol. The fraction of sp³-hybridized carbons (Fsp3) is 1.00. The Hall–Kier alpha value is -0.390. The van der Waals surface area contributed by atoms with E-state index in [1.807, 2.05) is 0 Å². The Morgan fingerprint density at radius 2 is 0.615 bits per heavy atom. The average molecular weight is 628 g/mol. The van der Waals surface area contributed by atoms with Crippen LogP contribution in [0.15, 0.2) is 0 Å². The van der Waals surface area contributed by atoms with Gasteiger partial charge in [-0.15, -0.1) is 0 Å². The maximum atomic E-state index is 9.19. The van der Waals surface area contributed by atoms with E-state index in [2.05, 4.69) is 20.8 Å². The smallest absolute Gasteiger partial charge is 0.261 e. The van der Waals surface area contributed by atoms with E-state index < -0.39 is 30.4 Å². The van der Waals surface area contributed by atoms with Gasteiger partial charge in [0.2, 0.25) is 0 Å². The number of hydrogen-bond donors (Lipinski definition) is 6. The molecule has 0 amide bonds. The predicted molar refractivity (Wildman–Crippen MR) is 159 cm³/mol. The summed E-state index contributed by atoms with van der Waals surface area (Å²) in [5.41, 5.74) is 17.2. The summed E-state index contributed by atoms with van der Waals surface area (Å²) >= 11 is 0. The molecule has 0 aliphatic heterocycles. The molecule has 15 heteroatoms. The van der Waals surface area contributed by atoms with E-state index in [0.717, 1.165) is 17.8 Å². The lowest BCUT2D eigenvalue weighted by molar-refractivity contribution is 0.344. The van der Waals surface area contributed by atoms with Gasteiger partial charge in [-0.1, -0.05) is 59.3 Å². The van der Waals surface area contributed by atoms with Gasteiger partial charge in [-0.25, -0.2) is 0 Å². The quantitative estimate of drug-likeness (QED) is 0.212. The number of nitrogens with two attached hydrogens (primary N) is 3. The van der Waals surface area contributed by atoms with Crippen molar-refractivity contribution >= 4 is 30.4 Å². The van der Waals surface area contributed by atoms with E-state index in [0.29, 0.717) is 36.9 Å². The minimum absolute atomic E-state index is 0.513. The van der Waals surface area contributed by atoms with Crippen LogP contribution < -0.4 is 17.2 Å². The second kappa shape index (κ2) is 22.2. The van der Waals surface area contributed by atoms with Crippen LogP contribution in [0.4, 0.5) is 0 Å². The molecule has 3 saturated carbocycles. The van der Waals surface area contributed by atoms with Crippen molar-refractivity contribution in [3.8, 4) is 0 Å². The molecule has 39 heavy (non-hydrogen) atoms. The largest absolute Gasteiger partial charge is 0.328 e. The number of hydrogen-bond acceptors (Lipinski definition) is 9. The van der Waals surface area contributed by atoms with Crippen molar-refractivity contribution in [1.29, 1.82) is 0 Å². The fourth-order valence-corrected chi connectivity index (χ4v) is 4.44. The zero-order chi connectivity index (χ0) is 31.4. The first-order valence-corrected chi connectivity index (χ1v) is 18.9. The van der Waals surface area contributed by atoms with Gasteiger partial charge in [0.1, 0.15) is 0 Å². The van der Waals surface area contributed by atoms with Crippen LogP contribution in [0.25, 0.3) is 0 Å². The molecule has 0 heterocycles. The average Bonchev–Trinajstić information content (AvgIpc) is 2.64. The number of rotatable bonds is 0. The van der Waals surface area contributed by atoms with Gasteiger partial charge in [0.15, 0.2) is 0 Å². The van der Waals surface area contributed by atoms with Crippen LogP contribution in [-0.4, -0.2) is 75.8 Å². The van der Waals surface area contributed by atoms with Crippen LogP contribution in [-0.2, 0) is 30.4 Å². The third-order valence-electron chi connectivity index (χ3n) is 5.93. The summed E-state index contributed by atoms with van der Waals surface area (Å²) in [4.78, 5) is 0. The van der Waals surface area contributed by atoms with Crippen LogP contribution in [0, 0.1) is 17.8 Å². The van der Waals surface area contributed by atoms with Crippen LogP contribution in [0.3, 0.4) is 0 Å². The monoisotopic (exact) mass is 627 g/mol. The third-order valence-corrected chi connectivity index (χ3v) is 5.93. The van der Waals surface area contributed by atoms with Crippen LogP contribution in [0.2, 0.25) is 0 Å². The van der Waals surface area contributed by atoms with E-state index in [9.17, 15) is 25.3 Å². The van der Waals surface area contributed by atoms with Crippen molar-refractivity contribution in [2.24, 2.45) is 35.0 Å². The summed E-state index contributed by atoms with van der Waals surface area (Å²) in [6.45, 7) is 6.87. The molecule has 6 atom stereocenters. The molecule has 0 saturated heterocycles. The highest BCUT2D eigenvalue weighted by molar-refractivity contribution is 7.85. The topological polar surface area (TPSA) is 241 Å². The lowest BCUT2D eigenvalue weighted by atomic mass is 9.88. The molecule has 3 rings (SSSR count). The lowest BCUT2D eigenvalue weighted by Crippen LogP contribution is -2.26. The van der Waals surface area contributed by atoms with Crippen molar-refractivity contribution in [3.63, 3.8) is 0 Å². The van der Waals surface area contributed by atoms with Gasteiger partial charge in [0.25, 0.3) is 30.4 Å². The van der Waals surface area contributed by atoms with Gasteiger partial charge < -0.3 is 17.2 Å². The van der Waals surface area contributed by atoms with Crippen LogP contribution in [0.1, 0.15) is 97.8 Å². The molecule has 9 N–H and O–H groups in total. The van der Waals surface area contributed by atoms with Crippen molar-refractivity contribution in [2.75, 3.05) is 18.8 Å². The lowest BCUT2D eigenvalue weighted by Gasteiger charge is -2.22. The maximum absolute atomic E-state index is 9.19. The molecule has 12 nitrogen and oxygen atoms in total. The molecule has 0 aromatic carbocycles. The van der Waals surface area contributed by atoms with E-state index >= 15 is 0 Å². The van der Waals surface area contributed by atoms with Crippen molar-refractivity contribution in [1.82, 2.24) is 0 Å². The third kappa shape index (κ3) is 54.4. The van der Waals surface area contributed by atoms with Crippen molar-refractivity contribution in [2.45, 2.75) is 116 Å². The molecule has 0 spiro atoms. The first-order valence-electron chi connectivity index (χ1n) is 13.4. The van der Waals surface area contributed by atoms with E-state index in [1.54, 1.807) is 0 Å². The molecule has 0 aromatic rings. The molecule has 3 aliphatic carbocycles. The predicted octanol–water partition coefficient (Wildman–Crippen LogP) is 3.08. The fourth-order valence-electron chi connectivity index (χ4n) is 4.44. The van der Waals surface area contributed by atoms with Gasteiger partial charge in [0.05, 0.1) is 18.8 Å². The molecule has 6 unspecified atom stereocenters. The Morgan fingerprint density at radius 3 is 0.692 bits per heavy atom. The molecule has 3 aliphatic rings. The zero-order valence-electron chi connectivity index (χ0n) is 24.7. The van der Waals surface area contributed by atoms with Gasteiger partial charge in [-0.05, 0) is 56.3 Å². The zero-order valence-corrected chi connectivity index (χ0v) is 27.1. The van der Waals surface area contributed by atoms with Gasteiger partial charge >= 0.3 is 0 Å². The van der Waals surface area contributed by atoms with Crippen molar-refractivity contribution < 1.29 is 38.9 Å². The normalized spacial score (nSPS) is 28.9. The maximum Gasteiger partial charge on any atom is 0.261 e. The molecule has 240 valence electrons. The van der Waals surface area contributed by atoms with Gasteiger partial charge in [-0.2, -0.15) is 25.3 Å². The Morgan fingerprint density at radius 1 is 0.462 bits per heavy atom. The summed E-state index contributed by atoms with van der Waals surface area (Å²) in [5, 5.41) is 0. The summed E-state index contributed by atoms with van der Waals surface area (Å²) in [6.07, 6.45) is 17.9. The Kier molecular flexibility index (Phi) is 24.6. The standard InChI is InChI=1S/3C7H15N.3CH4O3S/c3*1-6-3-2-4-7(8)5-6;3*1-5(2,3)4/h3*6-7H,2-5,8H2,1H3;3*1H3,(H,2,3,4). The Bertz CT molecular complexity index is 748. The van der Waals surface area contributed by atoms with E-state index in [-0.39, 0.29) is 0 Å². The second-order valence-corrected chi connectivity index (χ2v) is 15.7. The molecule has 0 aromatic heterocycles. The second-order valence-electron chi connectivity index (χ2n) is 11.3. The Labute approximate surface area is 238 Å². The van der Waals surface area contributed by atoms with E-state index in [4.69, 9.17) is 30.9 Å². The highest BCUT2D eigenvalue weighted by Gasteiger charge is 2.15. The minimum Gasteiger partial charge on any atom is -0.328 e. The highest BCUT2D eigenvalue weighted by atomic mass is 32.2. The SMILES string of the molecule is CC1CCCC(N)C1.CC1CCCC(N)C1.CC1CCCC(N)C1.CS(=O)(=O)O.CS(=O)(=O)O.CS(=O)(=O)O. The van der Waals surface area contributed by atoms with E-state index in [1.165, 1.54) is 77.0 Å². The van der Waals surface area contributed by atoms with Gasteiger partial charge in [0, 0.05) is 18.1 Å². The molecule has 0 bridgehead atoms. The first kappa shape index (κ1) is 43.1. The minimum atomic E-state index is -3.67. The summed E-state index contributed by atoms with van der Waals surface area (Å²) in [5.74, 6) is 2.66.